The van der Waals surface area contributed by atoms with Gasteiger partial charge in [0.15, 0.2) is 11.3 Å². The van der Waals surface area contributed by atoms with E-state index in [0.717, 1.165) is 11.3 Å². The van der Waals surface area contributed by atoms with Crippen molar-refractivity contribution in [3.05, 3.63) is 72.1 Å². The minimum atomic E-state index is -0.696. The summed E-state index contributed by atoms with van der Waals surface area (Å²) in [5.74, 6) is 0.134. The molecule has 3 rings (SSSR count). The second kappa shape index (κ2) is 4.20. The summed E-state index contributed by atoms with van der Waals surface area (Å²) < 4.78 is 0. The topological polar surface area (TPSA) is 20.3 Å². The van der Waals surface area contributed by atoms with Gasteiger partial charge < -0.3 is 4.90 Å². The van der Waals surface area contributed by atoms with Crippen molar-refractivity contribution in [2.24, 2.45) is 5.41 Å². The molecular formula is C18H19NO. The van der Waals surface area contributed by atoms with Crippen LogP contribution in [-0.4, -0.2) is 10.7 Å². The third-order valence-corrected chi connectivity index (χ3v) is 3.95. The van der Waals surface area contributed by atoms with E-state index in [9.17, 15) is 4.79 Å². The molecule has 20 heavy (non-hydrogen) atoms. The summed E-state index contributed by atoms with van der Waals surface area (Å²) >= 11 is 0. The molecule has 1 atom stereocenters. The number of fused-ring (bicyclic) bond motifs is 1. The van der Waals surface area contributed by atoms with Gasteiger partial charge in [-0.3, -0.25) is 4.79 Å². The van der Waals surface area contributed by atoms with Crippen LogP contribution in [0.4, 0.5) is 0 Å². The number of carbonyl (C=O) groups is 1. The highest BCUT2D eigenvalue weighted by Crippen LogP contribution is 2.46. The molecule has 2 aliphatic rings. The first kappa shape index (κ1) is 12.9. The summed E-state index contributed by atoms with van der Waals surface area (Å²) in [4.78, 5) is 14.9. The molecule has 1 unspecified atom stereocenters. The van der Waals surface area contributed by atoms with Crippen molar-refractivity contribution >= 4 is 5.78 Å². The Kier molecular flexibility index (Phi) is 2.72. The number of nitrogens with zero attached hydrogens (tertiary/aromatic N) is 1. The van der Waals surface area contributed by atoms with Crippen LogP contribution >= 0.6 is 0 Å². The highest BCUT2D eigenvalue weighted by atomic mass is 16.1. The number of rotatable bonds is 1. The predicted octanol–water partition coefficient (Wildman–Crippen LogP) is 3.78. The molecule has 0 amide bonds. The van der Waals surface area contributed by atoms with E-state index >= 15 is 0 Å². The van der Waals surface area contributed by atoms with E-state index in [1.807, 2.05) is 54.8 Å². The molecule has 0 saturated heterocycles. The van der Waals surface area contributed by atoms with Gasteiger partial charge in [-0.15, -0.1) is 0 Å². The van der Waals surface area contributed by atoms with Crippen LogP contribution in [-0.2, 0) is 10.3 Å². The zero-order chi connectivity index (χ0) is 14.4. The minimum absolute atomic E-state index is 0.0677. The van der Waals surface area contributed by atoms with Crippen molar-refractivity contribution in [2.45, 2.75) is 26.3 Å². The van der Waals surface area contributed by atoms with Crippen LogP contribution < -0.4 is 0 Å². The Balaban J connectivity index is 2.18. The summed E-state index contributed by atoms with van der Waals surface area (Å²) in [5, 5.41) is 0. The summed E-state index contributed by atoms with van der Waals surface area (Å²) in [6.45, 7) is 6.41. The Bertz CT molecular complexity index is 631. The van der Waals surface area contributed by atoms with Crippen molar-refractivity contribution < 1.29 is 4.79 Å². The molecule has 2 aliphatic heterocycles. The third kappa shape index (κ3) is 1.68. The molecular weight excluding hydrogens is 246 g/mol. The second-order valence-corrected chi connectivity index (χ2v) is 6.35. The Hall–Kier alpha value is -2.09. The maximum Gasteiger partial charge on any atom is 0.191 e. The van der Waals surface area contributed by atoms with Gasteiger partial charge in [0.05, 0.1) is 0 Å². The third-order valence-electron chi connectivity index (χ3n) is 3.95. The molecule has 102 valence electrons. The first-order valence-electron chi connectivity index (χ1n) is 6.94. The lowest BCUT2D eigenvalue weighted by atomic mass is 9.84. The zero-order valence-electron chi connectivity index (χ0n) is 12.1. The number of carbonyl (C=O) groups excluding carboxylic acids is 1. The number of allylic oxidation sites excluding steroid dienone is 3. The van der Waals surface area contributed by atoms with Crippen LogP contribution in [0.3, 0.4) is 0 Å². The number of hydrogen-bond donors (Lipinski definition) is 0. The van der Waals surface area contributed by atoms with E-state index < -0.39 is 5.54 Å². The van der Waals surface area contributed by atoms with E-state index in [4.69, 9.17) is 0 Å². The van der Waals surface area contributed by atoms with Gasteiger partial charge in [0, 0.05) is 23.4 Å². The standard InChI is InChI=1S/C18H19NO/c1-17(2,3)15-13-16(20)18(11-7-8-12-19(15)18)14-9-5-4-6-10-14/h4-13H,1-3H3. The highest BCUT2D eigenvalue weighted by Gasteiger charge is 2.49. The van der Waals surface area contributed by atoms with Gasteiger partial charge in [0.2, 0.25) is 0 Å². The molecule has 0 aliphatic carbocycles. The highest BCUT2D eigenvalue weighted by molar-refractivity contribution is 6.04. The van der Waals surface area contributed by atoms with Crippen molar-refractivity contribution in [3.63, 3.8) is 0 Å². The molecule has 1 aromatic rings. The monoisotopic (exact) mass is 265 g/mol. The fourth-order valence-electron chi connectivity index (χ4n) is 2.95. The van der Waals surface area contributed by atoms with Crippen LogP contribution in [0.1, 0.15) is 26.3 Å². The molecule has 0 saturated carbocycles. The average molecular weight is 265 g/mol. The van der Waals surface area contributed by atoms with E-state index in [0.29, 0.717) is 0 Å². The Morgan fingerprint density at radius 1 is 1.05 bits per heavy atom. The number of hydrogen-bond acceptors (Lipinski definition) is 2. The second-order valence-electron chi connectivity index (χ2n) is 6.35. The van der Waals surface area contributed by atoms with Crippen LogP contribution in [0.2, 0.25) is 0 Å². The molecule has 0 fully saturated rings. The number of ketones is 1. The van der Waals surface area contributed by atoms with E-state index in [1.54, 1.807) is 6.08 Å². The van der Waals surface area contributed by atoms with Gasteiger partial charge in [-0.1, -0.05) is 57.2 Å². The summed E-state index contributed by atoms with van der Waals surface area (Å²) in [6, 6.07) is 9.99. The SMILES string of the molecule is CC(C)(C)C1=CC(=O)C2(c3ccccc3)C=CC=CN12. The fourth-order valence-corrected chi connectivity index (χ4v) is 2.95. The smallest absolute Gasteiger partial charge is 0.191 e. The number of benzene rings is 1. The first-order chi connectivity index (χ1) is 9.46. The van der Waals surface area contributed by atoms with Gasteiger partial charge in [0.25, 0.3) is 0 Å². The molecule has 2 heteroatoms. The minimum Gasteiger partial charge on any atom is -0.330 e. The summed E-state index contributed by atoms with van der Waals surface area (Å²) in [6.07, 6.45) is 9.75. The predicted molar refractivity (Wildman–Crippen MR) is 80.8 cm³/mol. The fraction of sp³-hybridized carbons (Fsp3) is 0.278. The molecule has 0 aromatic heterocycles. The van der Waals surface area contributed by atoms with Crippen LogP contribution in [0.15, 0.2) is 66.5 Å². The average Bonchev–Trinajstić information content (AvgIpc) is 2.75. The quantitative estimate of drug-likeness (QED) is 0.770. The molecule has 1 aromatic carbocycles. The molecule has 2 heterocycles. The summed E-state index contributed by atoms with van der Waals surface area (Å²) in [7, 11) is 0. The first-order valence-corrected chi connectivity index (χ1v) is 6.94. The zero-order valence-corrected chi connectivity index (χ0v) is 12.1. The van der Waals surface area contributed by atoms with E-state index in [2.05, 4.69) is 25.7 Å². The lowest BCUT2D eigenvalue weighted by Gasteiger charge is -2.41. The van der Waals surface area contributed by atoms with E-state index in [-0.39, 0.29) is 11.2 Å². The lowest BCUT2D eigenvalue weighted by Crippen LogP contribution is -2.44. The Labute approximate surface area is 120 Å². The van der Waals surface area contributed by atoms with Gasteiger partial charge in [-0.25, -0.2) is 0 Å². The van der Waals surface area contributed by atoms with Gasteiger partial charge in [-0.2, -0.15) is 0 Å². The Morgan fingerprint density at radius 3 is 2.40 bits per heavy atom. The van der Waals surface area contributed by atoms with Crippen molar-refractivity contribution in [2.75, 3.05) is 0 Å². The molecule has 2 nitrogen and oxygen atoms in total. The van der Waals surface area contributed by atoms with Crippen LogP contribution in [0.25, 0.3) is 0 Å². The van der Waals surface area contributed by atoms with Gasteiger partial charge in [-0.05, 0) is 17.7 Å². The van der Waals surface area contributed by atoms with Crippen molar-refractivity contribution in [1.82, 2.24) is 4.90 Å². The summed E-state index contributed by atoms with van der Waals surface area (Å²) in [5.41, 5.74) is 1.31. The van der Waals surface area contributed by atoms with Gasteiger partial charge in [0.1, 0.15) is 0 Å². The maximum atomic E-state index is 12.8. The van der Waals surface area contributed by atoms with E-state index in [1.165, 1.54) is 0 Å². The lowest BCUT2D eigenvalue weighted by molar-refractivity contribution is -0.120. The Morgan fingerprint density at radius 2 is 1.75 bits per heavy atom. The molecule has 0 N–H and O–H groups in total. The van der Waals surface area contributed by atoms with Gasteiger partial charge >= 0.3 is 0 Å². The normalized spacial score (nSPS) is 24.9. The van der Waals surface area contributed by atoms with Crippen LogP contribution in [0, 0.1) is 5.41 Å². The molecule has 0 spiro atoms. The van der Waals surface area contributed by atoms with Crippen molar-refractivity contribution in [1.29, 1.82) is 0 Å². The van der Waals surface area contributed by atoms with Crippen molar-refractivity contribution in [3.8, 4) is 0 Å². The molecule has 0 radical (unpaired) electrons. The molecule has 0 bridgehead atoms. The van der Waals surface area contributed by atoms with Crippen LogP contribution in [0.5, 0.6) is 0 Å². The largest absolute Gasteiger partial charge is 0.330 e. The maximum absolute atomic E-state index is 12.8.